The van der Waals surface area contributed by atoms with E-state index >= 15 is 0 Å². The van der Waals surface area contributed by atoms with Crippen molar-refractivity contribution in [2.75, 3.05) is 6.61 Å². The van der Waals surface area contributed by atoms with Crippen LogP contribution in [0, 0.1) is 5.82 Å². The average Bonchev–Trinajstić information content (AvgIpc) is 2.86. The molecule has 1 atom stereocenters. The van der Waals surface area contributed by atoms with E-state index in [9.17, 15) is 14.0 Å². The van der Waals surface area contributed by atoms with Gasteiger partial charge in [0.05, 0.1) is 19.2 Å². The van der Waals surface area contributed by atoms with Crippen LogP contribution < -0.4 is 10.1 Å². The van der Waals surface area contributed by atoms with Crippen LogP contribution in [-0.4, -0.2) is 40.2 Å². The van der Waals surface area contributed by atoms with E-state index in [0.29, 0.717) is 17.9 Å². The molecule has 25 heavy (non-hydrogen) atoms. The molecule has 7 nitrogen and oxygen atoms in total. The van der Waals surface area contributed by atoms with E-state index in [1.807, 2.05) is 6.92 Å². The number of benzene rings is 1. The zero-order chi connectivity index (χ0) is 18.2. The standard InChI is InChI=1S/C16H18FN3O4S/c1-2-3-4-24-12-6-10(5-11(17)7-12)9-18-20-16-19-15(23)13(25-16)8-14(21)22/h5-7,9,13H,2-4,8H2,1H3,(H,21,22)(H,19,20,23). The summed E-state index contributed by atoms with van der Waals surface area (Å²) in [5.74, 6) is -1.52. The number of thioether (sulfide) groups is 1. The van der Waals surface area contributed by atoms with E-state index in [0.717, 1.165) is 24.6 Å². The Morgan fingerprint density at radius 2 is 2.28 bits per heavy atom. The molecule has 0 radical (unpaired) electrons. The molecule has 0 saturated carbocycles. The highest BCUT2D eigenvalue weighted by Crippen LogP contribution is 2.22. The van der Waals surface area contributed by atoms with E-state index in [-0.39, 0.29) is 11.6 Å². The van der Waals surface area contributed by atoms with Crippen LogP contribution in [-0.2, 0) is 9.59 Å². The number of amides is 1. The number of rotatable bonds is 8. The van der Waals surface area contributed by atoms with Crippen molar-refractivity contribution in [3.8, 4) is 5.75 Å². The van der Waals surface area contributed by atoms with Crippen molar-refractivity contribution in [1.82, 2.24) is 5.32 Å². The molecule has 1 saturated heterocycles. The molecule has 0 bridgehead atoms. The second kappa shape index (κ2) is 9.16. The van der Waals surface area contributed by atoms with Crippen LogP contribution in [0.5, 0.6) is 5.75 Å². The molecule has 0 aromatic heterocycles. The third-order valence-corrected chi connectivity index (χ3v) is 4.22. The van der Waals surface area contributed by atoms with Gasteiger partial charge in [-0.2, -0.15) is 5.10 Å². The molecule has 9 heteroatoms. The first-order chi connectivity index (χ1) is 12.0. The van der Waals surface area contributed by atoms with Crippen LogP contribution >= 0.6 is 11.8 Å². The van der Waals surface area contributed by atoms with Gasteiger partial charge in [0.2, 0.25) is 5.91 Å². The smallest absolute Gasteiger partial charge is 0.305 e. The monoisotopic (exact) mass is 367 g/mol. The largest absolute Gasteiger partial charge is 0.493 e. The lowest BCUT2D eigenvalue weighted by molar-refractivity contribution is -0.138. The average molecular weight is 367 g/mol. The molecule has 2 N–H and O–H groups in total. The van der Waals surface area contributed by atoms with Crippen molar-refractivity contribution in [2.24, 2.45) is 10.2 Å². The van der Waals surface area contributed by atoms with Gasteiger partial charge in [0.1, 0.15) is 16.8 Å². The van der Waals surface area contributed by atoms with Crippen LogP contribution in [0.15, 0.2) is 28.4 Å². The second-order valence-corrected chi connectivity index (χ2v) is 6.46. The SMILES string of the molecule is CCCCOc1cc(F)cc(C=NN=C2NC(=O)C(CC(=O)O)S2)c1. The maximum atomic E-state index is 13.6. The number of hydrogen-bond acceptors (Lipinski definition) is 6. The molecule has 1 aliphatic rings. The Bertz CT molecular complexity index is 709. The van der Waals surface area contributed by atoms with Gasteiger partial charge in [-0.15, -0.1) is 5.10 Å². The molecule has 1 unspecified atom stereocenters. The Morgan fingerprint density at radius 3 is 3.00 bits per heavy atom. The van der Waals surface area contributed by atoms with Crippen molar-refractivity contribution in [1.29, 1.82) is 0 Å². The topological polar surface area (TPSA) is 100 Å². The van der Waals surface area contributed by atoms with E-state index in [2.05, 4.69) is 15.5 Å². The quantitative estimate of drug-likeness (QED) is 0.417. The number of ether oxygens (including phenoxy) is 1. The summed E-state index contributed by atoms with van der Waals surface area (Å²) in [6.07, 6.45) is 2.90. The van der Waals surface area contributed by atoms with Gasteiger partial charge >= 0.3 is 5.97 Å². The zero-order valence-corrected chi connectivity index (χ0v) is 14.4. The maximum Gasteiger partial charge on any atom is 0.305 e. The lowest BCUT2D eigenvalue weighted by atomic mass is 10.2. The Morgan fingerprint density at radius 1 is 1.48 bits per heavy atom. The van der Waals surface area contributed by atoms with E-state index in [1.54, 1.807) is 6.07 Å². The van der Waals surface area contributed by atoms with Crippen LogP contribution in [0.3, 0.4) is 0 Å². The van der Waals surface area contributed by atoms with Crippen molar-refractivity contribution < 1.29 is 23.8 Å². The Labute approximate surface area is 148 Å². The van der Waals surface area contributed by atoms with Gasteiger partial charge in [-0.1, -0.05) is 25.1 Å². The second-order valence-electron chi connectivity index (χ2n) is 5.27. The Balaban J connectivity index is 1.99. The minimum absolute atomic E-state index is 0.211. The van der Waals surface area contributed by atoms with Gasteiger partial charge in [-0.05, 0) is 18.6 Å². The van der Waals surface area contributed by atoms with Crippen LogP contribution in [0.1, 0.15) is 31.7 Å². The predicted molar refractivity (Wildman–Crippen MR) is 93.6 cm³/mol. The summed E-state index contributed by atoms with van der Waals surface area (Å²) in [5.41, 5.74) is 0.465. The molecule has 2 rings (SSSR count). The minimum atomic E-state index is -1.06. The molecule has 1 aromatic carbocycles. The molecule has 1 fully saturated rings. The fourth-order valence-electron chi connectivity index (χ4n) is 1.97. The summed E-state index contributed by atoms with van der Waals surface area (Å²) in [7, 11) is 0. The van der Waals surface area contributed by atoms with E-state index < -0.39 is 22.9 Å². The molecule has 1 aromatic rings. The number of nitrogens with one attached hydrogen (secondary N) is 1. The fourth-order valence-corrected chi connectivity index (χ4v) is 2.88. The van der Waals surface area contributed by atoms with Gasteiger partial charge in [-0.25, -0.2) is 4.39 Å². The highest BCUT2D eigenvalue weighted by molar-refractivity contribution is 8.15. The summed E-state index contributed by atoms with van der Waals surface area (Å²) in [5, 5.41) is 18.3. The van der Waals surface area contributed by atoms with Gasteiger partial charge in [0.25, 0.3) is 0 Å². The number of unbranched alkanes of at least 4 members (excludes halogenated alkanes) is 1. The number of halogens is 1. The third-order valence-electron chi connectivity index (χ3n) is 3.15. The van der Waals surface area contributed by atoms with Gasteiger partial charge in [-0.3, -0.25) is 9.59 Å². The lowest BCUT2D eigenvalue weighted by Crippen LogP contribution is -2.26. The molecular formula is C16H18FN3O4S. The number of amidine groups is 1. The van der Waals surface area contributed by atoms with Crippen LogP contribution in [0.4, 0.5) is 4.39 Å². The highest BCUT2D eigenvalue weighted by Gasteiger charge is 2.32. The predicted octanol–water partition coefficient (Wildman–Crippen LogP) is 2.40. The number of carbonyl (C=O) groups excluding carboxylic acids is 1. The van der Waals surface area contributed by atoms with Gasteiger partial charge in [0, 0.05) is 11.6 Å². The molecule has 134 valence electrons. The molecule has 0 spiro atoms. The first-order valence-electron chi connectivity index (χ1n) is 7.71. The maximum absolute atomic E-state index is 13.6. The first kappa shape index (κ1) is 18.9. The molecule has 1 aliphatic heterocycles. The number of carboxylic acid groups (broad SMARTS) is 1. The summed E-state index contributed by atoms with van der Waals surface area (Å²) in [6, 6.07) is 4.21. The number of carbonyl (C=O) groups is 2. The number of aliphatic carboxylic acids is 1. The summed E-state index contributed by atoms with van der Waals surface area (Å²) >= 11 is 0.998. The van der Waals surface area contributed by atoms with Gasteiger partial charge < -0.3 is 15.2 Å². The molecule has 0 aliphatic carbocycles. The fraction of sp³-hybridized carbons (Fsp3) is 0.375. The van der Waals surface area contributed by atoms with Gasteiger partial charge in [0.15, 0.2) is 5.17 Å². The minimum Gasteiger partial charge on any atom is -0.493 e. The number of hydrogen-bond donors (Lipinski definition) is 2. The van der Waals surface area contributed by atoms with Crippen molar-refractivity contribution in [2.45, 2.75) is 31.4 Å². The normalized spacial score (nSPS) is 18.7. The summed E-state index contributed by atoms with van der Waals surface area (Å²) in [6.45, 7) is 2.54. The van der Waals surface area contributed by atoms with E-state index in [1.165, 1.54) is 18.3 Å². The van der Waals surface area contributed by atoms with Crippen molar-refractivity contribution in [3.05, 3.63) is 29.6 Å². The molecule has 1 amide bonds. The molecular weight excluding hydrogens is 349 g/mol. The van der Waals surface area contributed by atoms with Crippen molar-refractivity contribution >= 4 is 35.0 Å². The third kappa shape index (κ3) is 6.18. The lowest BCUT2D eigenvalue weighted by Gasteiger charge is -2.06. The highest BCUT2D eigenvalue weighted by atomic mass is 32.2. The number of nitrogens with zero attached hydrogens (tertiary/aromatic N) is 2. The van der Waals surface area contributed by atoms with Crippen LogP contribution in [0.25, 0.3) is 0 Å². The Kier molecular flexibility index (Phi) is 6.93. The zero-order valence-electron chi connectivity index (χ0n) is 13.6. The number of carboxylic acids is 1. The van der Waals surface area contributed by atoms with E-state index in [4.69, 9.17) is 9.84 Å². The Hall–Kier alpha value is -2.42. The summed E-state index contributed by atoms with van der Waals surface area (Å²) in [4.78, 5) is 22.2. The molecule has 1 heterocycles. The summed E-state index contributed by atoms with van der Waals surface area (Å²) < 4.78 is 19.1. The first-order valence-corrected chi connectivity index (χ1v) is 8.59. The van der Waals surface area contributed by atoms with Crippen LogP contribution in [0.2, 0.25) is 0 Å². The van der Waals surface area contributed by atoms with Crippen molar-refractivity contribution in [3.63, 3.8) is 0 Å².